The Bertz CT molecular complexity index is 547. The maximum atomic E-state index is 10.4. The van der Waals surface area contributed by atoms with Crippen LogP contribution in [-0.2, 0) is 12.8 Å². The van der Waals surface area contributed by atoms with Crippen molar-refractivity contribution in [3.05, 3.63) is 68.8 Å². The van der Waals surface area contributed by atoms with E-state index in [1.165, 1.54) is 14.7 Å². The van der Waals surface area contributed by atoms with E-state index >= 15 is 0 Å². The largest absolute Gasteiger partial charge is 0.388 e. The van der Waals surface area contributed by atoms with Gasteiger partial charge in [-0.1, -0.05) is 36.4 Å². The van der Waals surface area contributed by atoms with Crippen LogP contribution in [0.1, 0.15) is 22.8 Å². The molecular weight excluding hydrogens is 335 g/mol. The Kier molecular flexibility index (Phi) is 3.39. The quantitative estimate of drug-likeness (QED) is 0.819. The van der Waals surface area contributed by atoms with Gasteiger partial charge in [-0.25, -0.2) is 0 Å². The highest BCUT2D eigenvalue weighted by Gasteiger charge is 2.30. The van der Waals surface area contributed by atoms with Gasteiger partial charge in [0, 0.05) is 3.57 Å². The molecule has 2 atom stereocenters. The molecule has 0 saturated carbocycles. The van der Waals surface area contributed by atoms with Gasteiger partial charge in [-0.3, -0.25) is 0 Å². The first kappa shape index (κ1) is 12.2. The average Bonchev–Trinajstić information content (AvgIpc) is 2.70. The molecule has 18 heavy (non-hydrogen) atoms. The molecule has 0 amide bonds. The van der Waals surface area contributed by atoms with Crippen molar-refractivity contribution in [1.82, 2.24) is 0 Å². The fourth-order valence-electron chi connectivity index (χ4n) is 2.76. The van der Waals surface area contributed by atoms with E-state index in [9.17, 15) is 5.11 Å². The topological polar surface area (TPSA) is 20.2 Å². The van der Waals surface area contributed by atoms with Gasteiger partial charge >= 0.3 is 0 Å². The Morgan fingerprint density at radius 2 is 1.78 bits per heavy atom. The zero-order chi connectivity index (χ0) is 12.5. The van der Waals surface area contributed by atoms with Crippen LogP contribution in [0.25, 0.3) is 0 Å². The van der Waals surface area contributed by atoms with E-state index in [0.717, 1.165) is 18.4 Å². The van der Waals surface area contributed by atoms with Gasteiger partial charge in [0.05, 0.1) is 6.10 Å². The molecule has 2 heteroatoms. The van der Waals surface area contributed by atoms with E-state index in [0.29, 0.717) is 5.92 Å². The van der Waals surface area contributed by atoms with Crippen molar-refractivity contribution in [3.8, 4) is 0 Å². The highest BCUT2D eigenvalue weighted by Crippen LogP contribution is 2.37. The van der Waals surface area contributed by atoms with Crippen LogP contribution in [0.4, 0.5) is 0 Å². The number of halogens is 1. The van der Waals surface area contributed by atoms with E-state index < -0.39 is 0 Å². The molecule has 2 aromatic rings. The lowest BCUT2D eigenvalue weighted by atomic mass is 9.95. The van der Waals surface area contributed by atoms with Crippen molar-refractivity contribution in [1.29, 1.82) is 0 Å². The predicted molar refractivity (Wildman–Crippen MR) is 81.5 cm³/mol. The maximum Gasteiger partial charge on any atom is 0.0827 e. The minimum Gasteiger partial charge on any atom is -0.388 e. The molecule has 0 aliphatic heterocycles. The van der Waals surface area contributed by atoms with Crippen molar-refractivity contribution in [2.24, 2.45) is 5.92 Å². The number of hydrogen-bond donors (Lipinski definition) is 1. The third kappa shape index (κ3) is 2.31. The molecule has 2 unspecified atom stereocenters. The number of hydrogen-bond acceptors (Lipinski definition) is 1. The second-order valence-electron chi connectivity index (χ2n) is 4.94. The first-order chi connectivity index (χ1) is 8.74. The van der Waals surface area contributed by atoms with E-state index in [1.54, 1.807) is 0 Å². The van der Waals surface area contributed by atoms with Crippen LogP contribution < -0.4 is 0 Å². The van der Waals surface area contributed by atoms with Crippen LogP contribution in [-0.4, -0.2) is 5.11 Å². The number of aliphatic hydroxyl groups excluding tert-OH is 1. The minimum absolute atomic E-state index is 0.305. The normalized spacial score (nSPS) is 21.9. The molecule has 1 aliphatic rings. The van der Waals surface area contributed by atoms with Gasteiger partial charge < -0.3 is 5.11 Å². The zero-order valence-electron chi connectivity index (χ0n) is 10.0. The van der Waals surface area contributed by atoms with Crippen LogP contribution in [0.15, 0.2) is 48.5 Å². The molecule has 0 bridgehead atoms. The Balaban J connectivity index is 1.78. The maximum absolute atomic E-state index is 10.4. The Labute approximate surface area is 121 Å². The SMILES string of the molecule is OC1c2ccccc2CC1Cc1ccc(I)cc1. The van der Waals surface area contributed by atoms with Crippen LogP contribution in [0.2, 0.25) is 0 Å². The van der Waals surface area contributed by atoms with Crippen LogP contribution in [0, 0.1) is 9.49 Å². The highest BCUT2D eigenvalue weighted by molar-refractivity contribution is 14.1. The van der Waals surface area contributed by atoms with Gasteiger partial charge in [0.15, 0.2) is 0 Å². The average molecular weight is 350 g/mol. The monoisotopic (exact) mass is 350 g/mol. The lowest BCUT2D eigenvalue weighted by Crippen LogP contribution is -2.10. The zero-order valence-corrected chi connectivity index (χ0v) is 12.2. The lowest BCUT2D eigenvalue weighted by Gasteiger charge is -2.15. The molecule has 0 spiro atoms. The summed E-state index contributed by atoms with van der Waals surface area (Å²) in [7, 11) is 0. The fourth-order valence-corrected chi connectivity index (χ4v) is 3.12. The molecule has 0 radical (unpaired) electrons. The molecule has 3 rings (SSSR count). The second kappa shape index (κ2) is 5.02. The van der Waals surface area contributed by atoms with Gasteiger partial charge in [0.1, 0.15) is 0 Å². The van der Waals surface area contributed by atoms with Crippen molar-refractivity contribution in [2.75, 3.05) is 0 Å². The number of aliphatic hydroxyl groups is 1. The van der Waals surface area contributed by atoms with Gasteiger partial charge in [-0.2, -0.15) is 0 Å². The summed E-state index contributed by atoms with van der Waals surface area (Å²) in [6.45, 7) is 0. The van der Waals surface area contributed by atoms with Crippen molar-refractivity contribution < 1.29 is 5.11 Å². The number of fused-ring (bicyclic) bond motifs is 1. The first-order valence-corrected chi connectivity index (χ1v) is 7.32. The summed E-state index contributed by atoms with van der Waals surface area (Å²) in [5, 5.41) is 10.4. The molecule has 0 fully saturated rings. The molecular formula is C16H15IO. The fraction of sp³-hybridized carbons (Fsp3) is 0.250. The Morgan fingerprint density at radius 1 is 1.06 bits per heavy atom. The van der Waals surface area contributed by atoms with E-state index in [-0.39, 0.29) is 6.10 Å². The van der Waals surface area contributed by atoms with Crippen LogP contribution >= 0.6 is 22.6 Å². The molecule has 0 saturated heterocycles. The van der Waals surface area contributed by atoms with Crippen molar-refractivity contribution in [3.63, 3.8) is 0 Å². The van der Waals surface area contributed by atoms with E-state index in [4.69, 9.17) is 0 Å². The second-order valence-corrected chi connectivity index (χ2v) is 6.18. The molecule has 2 aromatic carbocycles. The summed E-state index contributed by atoms with van der Waals surface area (Å²) < 4.78 is 1.26. The summed E-state index contributed by atoms with van der Waals surface area (Å²) in [5.74, 6) is 0.322. The summed E-state index contributed by atoms with van der Waals surface area (Å²) in [5.41, 5.74) is 3.74. The predicted octanol–water partition coefficient (Wildman–Crippen LogP) is 3.74. The molecule has 0 aromatic heterocycles. The molecule has 1 aliphatic carbocycles. The third-order valence-electron chi connectivity index (χ3n) is 3.71. The van der Waals surface area contributed by atoms with Gasteiger partial charge in [-0.05, 0) is 70.2 Å². The van der Waals surface area contributed by atoms with Crippen molar-refractivity contribution in [2.45, 2.75) is 18.9 Å². The van der Waals surface area contributed by atoms with Gasteiger partial charge in [0.2, 0.25) is 0 Å². The Hall–Kier alpha value is -0.870. The van der Waals surface area contributed by atoms with E-state index in [1.807, 2.05) is 12.1 Å². The van der Waals surface area contributed by atoms with Crippen molar-refractivity contribution >= 4 is 22.6 Å². The summed E-state index contributed by atoms with van der Waals surface area (Å²) in [4.78, 5) is 0. The summed E-state index contributed by atoms with van der Waals surface area (Å²) in [6.07, 6.45) is 1.64. The molecule has 1 nitrogen and oxygen atoms in total. The number of benzene rings is 2. The minimum atomic E-state index is -0.305. The van der Waals surface area contributed by atoms with Gasteiger partial charge in [-0.15, -0.1) is 0 Å². The standard InChI is InChI=1S/C16H15IO/c17-14-7-5-11(6-8-14)9-13-10-12-3-1-2-4-15(12)16(13)18/h1-8,13,16,18H,9-10H2. The van der Waals surface area contributed by atoms with Crippen LogP contribution in [0.5, 0.6) is 0 Å². The molecule has 1 N–H and O–H groups in total. The highest BCUT2D eigenvalue weighted by atomic mass is 127. The number of rotatable bonds is 2. The molecule has 92 valence electrons. The third-order valence-corrected chi connectivity index (χ3v) is 4.43. The van der Waals surface area contributed by atoms with Crippen LogP contribution in [0.3, 0.4) is 0 Å². The summed E-state index contributed by atoms with van der Waals surface area (Å²) >= 11 is 2.32. The first-order valence-electron chi connectivity index (χ1n) is 6.24. The van der Waals surface area contributed by atoms with Gasteiger partial charge in [0.25, 0.3) is 0 Å². The smallest absolute Gasteiger partial charge is 0.0827 e. The van der Waals surface area contributed by atoms with E-state index in [2.05, 4.69) is 59.0 Å². The summed E-state index contributed by atoms with van der Waals surface area (Å²) in [6, 6.07) is 16.8. The lowest BCUT2D eigenvalue weighted by molar-refractivity contribution is 0.123. The molecule has 0 heterocycles. The Morgan fingerprint density at radius 3 is 2.50 bits per heavy atom.